The molecule has 0 atom stereocenters. The second-order valence-corrected chi connectivity index (χ2v) is 2.67. The van der Waals surface area contributed by atoms with E-state index in [1.54, 1.807) is 0 Å². The molecular formula is C8H11NS. The van der Waals surface area contributed by atoms with Crippen molar-refractivity contribution < 1.29 is 0 Å². The van der Waals surface area contributed by atoms with Gasteiger partial charge in [-0.25, -0.2) is 0 Å². The first-order valence-electron chi connectivity index (χ1n) is 3.20. The summed E-state index contributed by atoms with van der Waals surface area (Å²) in [7, 11) is 0. The molecule has 0 spiro atoms. The van der Waals surface area contributed by atoms with Crippen LogP contribution in [0.5, 0.6) is 0 Å². The lowest BCUT2D eigenvalue weighted by Gasteiger charge is -2.00. The summed E-state index contributed by atoms with van der Waals surface area (Å²) >= 11 is 4.14. The van der Waals surface area contributed by atoms with Crippen LogP contribution in [-0.2, 0) is 5.75 Å². The molecule has 0 radical (unpaired) electrons. The van der Waals surface area contributed by atoms with E-state index in [1.165, 1.54) is 5.56 Å². The Kier molecular flexibility index (Phi) is 2.22. The molecule has 0 aliphatic rings. The Bertz CT molecular complexity index is 233. The van der Waals surface area contributed by atoms with Crippen LogP contribution in [0.3, 0.4) is 0 Å². The van der Waals surface area contributed by atoms with E-state index in [0.29, 0.717) is 0 Å². The maximum Gasteiger partial charge on any atom is 0.0346 e. The molecule has 2 heteroatoms. The Balaban J connectivity index is 3.04. The number of anilines is 1. The van der Waals surface area contributed by atoms with Gasteiger partial charge in [-0.05, 0) is 24.1 Å². The van der Waals surface area contributed by atoms with Crippen molar-refractivity contribution in [1.29, 1.82) is 0 Å². The largest absolute Gasteiger partial charge is 0.399 e. The van der Waals surface area contributed by atoms with E-state index in [0.717, 1.165) is 17.0 Å². The summed E-state index contributed by atoms with van der Waals surface area (Å²) in [6.07, 6.45) is 0. The zero-order chi connectivity index (χ0) is 7.56. The fourth-order valence-electron chi connectivity index (χ4n) is 0.788. The molecule has 0 aliphatic heterocycles. The van der Waals surface area contributed by atoms with Gasteiger partial charge in [0, 0.05) is 11.4 Å². The van der Waals surface area contributed by atoms with Crippen LogP contribution >= 0.6 is 12.6 Å². The molecule has 0 saturated carbocycles. The van der Waals surface area contributed by atoms with E-state index in [1.807, 2.05) is 25.1 Å². The van der Waals surface area contributed by atoms with Crippen molar-refractivity contribution in [3.05, 3.63) is 29.3 Å². The highest BCUT2D eigenvalue weighted by Crippen LogP contribution is 2.13. The smallest absolute Gasteiger partial charge is 0.0346 e. The Morgan fingerprint density at radius 1 is 1.50 bits per heavy atom. The average Bonchev–Trinajstić information content (AvgIpc) is 1.95. The van der Waals surface area contributed by atoms with Crippen LogP contribution in [0.2, 0.25) is 0 Å². The molecule has 1 nitrogen and oxygen atoms in total. The van der Waals surface area contributed by atoms with Crippen molar-refractivity contribution in [3.63, 3.8) is 0 Å². The second-order valence-electron chi connectivity index (χ2n) is 2.35. The van der Waals surface area contributed by atoms with Crippen molar-refractivity contribution in [2.45, 2.75) is 12.7 Å². The summed E-state index contributed by atoms with van der Waals surface area (Å²) in [6, 6.07) is 6.02. The minimum Gasteiger partial charge on any atom is -0.399 e. The zero-order valence-corrected chi connectivity index (χ0v) is 6.86. The second kappa shape index (κ2) is 2.97. The third-order valence-electron chi connectivity index (χ3n) is 1.53. The van der Waals surface area contributed by atoms with Gasteiger partial charge in [-0.15, -0.1) is 0 Å². The molecule has 0 bridgehead atoms. The first-order chi connectivity index (χ1) is 4.74. The van der Waals surface area contributed by atoms with Gasteiger partial charge in [0.05, 0.1) is 0 Å². The van der Waals surface area contributed by atoms with Gasteiger partial charge in [-0.1, -0.05) is 12.1 Å². The Morgan fingerprint density at radius 2 is 2.20 bits per heavy atom. The van der Waals surface area contributed by atoms with Crippen LogP contribution in [0.4, 0.5) is 5.69 Å². The summed E-state index contributed by atoms with van der Waals surface area (Å²) < 4.78 is 0. The molecule has 0 heterocycles. The lowest BCUT2D eigenvalue weighted by molar-refractivity contribution is 1.38. The van der Waals surface area contributed by atoms with Gasteiger partial charge >= 0.3 is 0 Å². The zero-order valence-electron chi connectivity index (χ0n) is 5.96. The molecule has 0 fully saturated rings. The maximum atomic E-state index is 5.66. The van der Waals surface area contributed by atoms with Gasteiger partial charge in [0.15, 0.2) is 0 Å². The molecule has 0 unspecified atom stereocenters. The monoisotopic (exact) mass is 153 g/mol. The number of hydrogen-bond acceptors (Lipinski definition) is 2. The number of rotatable bonds is 1. The Morgan fingerprint density at radius 3 is 2.70 bits per heavy atom. The normalized spacial score (nSPS) is 9.80. The molecule has 0 amide bonds. The van der Waals surface area contributed by atoms with Gasteiger partial charge in [0.2, 0.25) is 0 Å². The van der Waals surface area contributed by atoms with Crippen LogP contribution in [0.1, 0.15) is 11.1 Å². The van der Waals surface area contributed by atoms with Crippen molar-refractivity contribution in [2.24, 2.45) is 0 Å². The van der Waals surface area contributed by atoms with E-state index in [2.05, 4.69) is 12.6 Å². The lowest BCUT2D eigenvalue weighted by atomic mass is 10.1. The number of nitrogens with two attached hydrogens (primary N) is 1. The molecule has 0 saturated heterocycles. The van der Waals surface area contributed by atoms with E-state index < -0.39 is 0 Å². The predicted molar refractivity (Wildman–Crippen MR) is 48.3 cm³/mol. The van der Waals surface area contributed by atoms with E-state index in [4.69, 9.17) is 5.73 Å². The summed E-state index contributed by atoms with van der Waals surface area (Å²) in [5.41, 5.74) is 8.82. The molecule has 2 N–H and O–H groups in total. The molecule has 0 aliphatic carbocycles. The molecule has 1 rings (SSSR count). The fourth-order valence-corrected chi connectivity index (χ4v) is 0.985. The molecule has 10 heavy (non-hydrogen) atoms. The summed E-state index contributed by atoms with van der Waals surface area (Å²) in [5.74, 6) is 0.754. The number of thiol groups is 1. The van der Waals surface area contributed by atoms with Gasteiger partial charge in [0.1, 0.15) is 0 Å². The maximum absolute atomic E-state index is 5.66. The third kappa shape index (κ3) is 1.45. The fraction of sp³-hybridized carbons (Fsp3) is 0.250. The van der Waals surface area contributed by atoms with Gasteiger partial charge in [-0.2, -0.15) is 12.6 Å². The van der Waals surface area contributed by atoms with E-state index in [9.17, 15) is 0 Å². The van der Waals surface area contributed by atoms with Crippen molar-refractivity contribution in [3.8, 4) is 0 Å². The minimum atomic E-state index is 0.754. The summed E-state index contributed by atoms with van der Waals surface area (Å²) in [4.78, 5) is 0. The lowest BCUT2D eigenvalue weighted by Crippen LogP contribution is -1.90. The predicted octanol–water partition coefficient (Wildman–Crippen LogP) is 2.01. The molecular weight excluding hydrogens is 142 g/mol. The molecule has 1 aromatic rings. The molecule has 54 valence electrons. The first-order valence-corrected chi connectivity index (χ1v) is 3.83. The first kappa shape index (κ1) is 7.48. The van der Waals surface area contributed by atoms with Gasteiger partial charge < -0.3 is 5.73 Å². The van der Waals surface area contributed by atoms with Crippen LogP contribution in [0.25, 0.3) is 0 Å². The number of hydrogen-bond donors (Lipinski definition) is 2. The molecule has 1 aromatic carbocycles. The highest BCUT2D eigenvalue weighted by molar-refractivity contribution is 7.79. The van der Waals surface area contributed by atoms with Crippen molar-refractivity contribution >= 4 is 18.3 Å². The Hall–Kier alpha value is -0.630. The third-order valence-corrected chi connectivity index (χ3v) is 1.89. The summed E-state index contributed by atoms with van der Waals surface area (Å²) in [5, 5.41) is 0. The van der Waals surface area contributed by atoms with E-state index in [-0.39, 0.29) is 0 Å². The molecule has 0 aromatic heterocycles. The average molecular weight is 153 g/mol. The van der Waals surface area contributed by atoms with Gasteiger partial charge in [0.25, 0.3) is 0 Å². The Labute approximate surface area is 66.7 Å². The van der Waals surface area contributed by atoms with Crippen molar-refractivity contribution in [1.82, 2.24) is 0 Å². The van der Waals surface area contributed by atoms with Crippen molar-refractivity contribution in [2.75, 3.05) is 5.73 Å². The minimum absolute atomic E-state index is 0.754. The highest BCUT2D eigenvalue weighted by atomic mass is 32.1. The van der Waals surface area contributed by atoms with Gasteiger partial charge in [-0.3, -0.25) is 0 Å². The SMILES string of the molecule is Cc1ccc(CS)cc1N. The topological polar surface area (TPSA) is 26.0 Å². The quantitative estimate of drug-likeness (QED) is 0.468. The van der Waals surface area contributed by atoms with Crippen LogP contribution in [0.15, 0.2) is 18.2 Å². The van der Waals surface area contributed by atoms with Crippen LogP contribution < -0.4 is 5.73 Å². The van der Waals surface area contributed by atoms with Crippen LogP contribution in [0, 0.1) is 6.92 Å². The number of nitrogen functional groups attached to an aromatic ring is 1. The van der Waals surface area contributed by atoms with E-state index >= 15 is 0 Å². The summed E-state index contributed by atoms with van der Waals surface area (Å²) in [6.45, 7) is 2.00. The number of benzene rings is 1. The highest BCUT2D eigenvalue weighted by Gasteiger charge is 1.93. The standard InChI is InChI=1S/C8H11NS/c1-6-2-3-7(5-10)4-8(6)9/h2-4,10H,5,9H2,1H3. The number of aryl methyl sites for hydroxylation is 1. The van der Waals surface area contributed by atoms with Crippen LogP contribution in [-0.4, -0.2) is 0 Å².